The van der Waals surface area contributed by atoms with Crippen LogP contribution in [0.3, 0.4) is 0 Å². The van der Waals surface area contributed by atoms with E-state index in [0.717, 1.165) is 64.6 Å². The Bertz CT molecular complexity index is 739. The van der Waals surface area contributed by atoms with E-state index in [1.54, 1.807) is 0 Å². The number of hydrogen-bond donors (Lipinski definition) is 1. The van der Waals surface area contributed by atoms with Crippen LogP contribution in [0.4, 0.5) is 4.79 Å². The second-order valence-corrected chi connectivity index (χ2v) is 9.94. The molecule has 2 saturated heterocycles. The van der Waals surface area contributed by atoms with Gasteiger partial charge in [-0.15, -0.1) is 0 Å². The zero-order valence-electron chi connectivity index (χ0n) is 20.2. The Morgan fingerprint density at radius 3 is 2.38 bits per heavy atom. The maximum absolute atomic E-state index is 12.2. The minimum atomic E-state index is -0.442. The van der Waals surface area contributed by atoms with Crippen molar-refractivity contribution in [3.05, 3.63) is 35.9 Å². The summed E-state index contributed by atoms with van der Waals surface area (Å²) in [7, 11) is 1.85. The van der Waals surface area contributed by atoms with Gasteiger partial charge >= 0.3 is 6.09 Å². The SMILES string of the molecule is CN=C(NCC1CCN(C(=O)OC(C)(C)C)CC1)N1CCC(COCc2ccccc2)C1. The quantitative estimate of drug-likeness (QED) is 0.535. The lowest BCUT2D eigenvalue weighted by atomic mass is 9.97. The van der Waals surface area contributed by atoms with Crippen molar-refractivity contribution in [2.75, 3.05) is 46.4 Å². The van der Waals surface area contributed by atoms with E-state index >= 15 is 0 Å². The topological polar surface area (TPSA) is 66.4 Å². The summed E-state index contributed by atoms with van der Waals surface area (Å²) in [6.07, 6.45) is 2.90. The van der Waals surface area contributed by atoms with Crippen LogP contribution >= 0.6 is 0 Å². The van der Waals surface area contributed by atoms with E-state index in [2.05, 4.69) is 27.3 Å². The Hall–Kier alpha value is -2.28. The number of amides is 1. The van der Waals surface area contributed by atoms with Crippen LogP contribution in [-0.2, 0) is 16.1 Å². The van der Waals surface area contributed by atoms with Crippen LogP contribution in [0, 0.1) is 11.8 Å². The molecule has 0 aromatic heterocycles. The zero-order valence-corrected chi connectivity index (χ0v) is 20.2. The van der Waals surface area contributed by atoms with E-state index in [9.17, 15) is 4.79 Å². The molecule has 0 aliphatic carbocycles. The Morgan fingerprint density at radius 1 is 1.06 bits per heavy atom. The van der Waals surface area contributed by atoms with Crippen LogP contribution in [0.2, 0.25) is 0 Å². The molecule has 1 amide bonds. The predicted octanol–water partition coefficient (Wildman–Crippen LogP) is 3.75. The lowest BCUT2D eigenvalue weighted by Gasteiger charge is -2.34. The first kappa shape index (κ1) is 24.4. The highest BCUT2D eigenvalue weighted by Gasteiger charge is 2.28. The van der Waals surface area contributed by atoms with Gasteiger partial charge in [0, 0.05) is 45.7 Å². The molecule has 7 heteroatoms. The normalized spacial score (nSPS) is 20.5. The summed E-state index contributed by atoms with van der Waals surface area (Å²) in [5.74, 6) is 2.05. The number of aliphatic imine (C=N–C) groups is 1. The predicted molar refractivity (Wildman–Crippen MR) is 128 cm³/mol. The highest BCUT2D eigenvalue weighted by Crippen LogP contribution is 2.20. The van der Waals surface area contributed by atoms with Crippen molar-refractivity contribution in [1.29, 1.82) is 0 Å². The third kappa shape index (κ3) is 7.69. The van der Waals surface area contributed by atoms with Crippen LogP contribution in [-0.4, -0.2) is 73.8 Å². The van der Waals surface area contributed by atoms with Gasteiger partial charge in [0.25, 0.3) is 0 Å². The van der Waals surface area contributed by atoms with Crippen molar-refractivity contribution in [3.8, 4) is 0 Å². The molecular formula is C25H40N4O3. The first-order chi connectivity index (χ1) is 15.3. The van der Waals surface area contributed by atoms with Gasteiger partial charge in [0.15, 0.2) is 5.96 Å². The Balaban J connectivity index is 1.34. The van der Waals surface area contributed by atoms with Gasteiger partial charge in [0.2, 0.25) is 0 Å². The summed E-state index contributed by atoms with van der Waals surface area (Å²) < 4.78 is 11.4. The van der Waals surface area contributed by atoms with E-state index in [0.29, 0.717) is 18.4 Å². The van der Waals surface area contributed by atoms with Gasteiger partial charge in [-0.3, -0.25) is 4.99 Å². The molecule has 2 aliphatic heterocycles. The number of likely N-dealkylation sites (tertiary alicyclic amines) is 2. The second-order valence-electron chi connectivity index (χ2n) is 9.94. The average Bonchev–Trinajstić information content (AvgIpc) is 3.23. The number of carbonyl (C=O) groups is 1. The second kappa shape index (κ2) is 11.5. The van der Waals surface area contributed by atoms with Crippen molar-refractivity contribution in [3.63, 3.8) is 0 Å². The lowest BCUT2D eigenvalue weighted by molar-refractivity contribution is 0.0185. The van der Waals surface area contributed by atoms with Crippen LogP contribution in [0.1, 0.15) is 45.6 Å². The molecule has 1 aromatic rings. The largest absolute Gasteiger partial charge is 0.444 e. The van der Waals surface area contributed by atoms with Gasteiger partial charge in [-0.25, -0.2) is 4.79 Å². The summed E-state index contributed by atoms with van der Waals surface area (Å²) >= 11 is 0. The number of piperidine rings is 1. The first-order valence-corrected chi connectivity index (χ1v) is 11.9. The highest BCUT2D eigenvalue weighted by molar-refractivity contribution is 5.80. The van der Waals surface area contributed by atoms with Crippen molar-refractivity contribution >= 4 is 12.1 Å². The van der Waals surface area contributed by atoms with Crippen LogP contribution < -0.4 is 5.32 Å². The minimum absolute atomic E-state index is 0.197. The van der Waals surface area contributed by atoms with E-state index in [1.165, 1.54) is 5.56 Å². The van der Waals surface area contributed by atoms with E-state index in [4.69, 9.17) is 9.47 Å². The first-order valence-electron chi connectivity index (χ1n) is 11.9. The van der Waals surface area contributed by atoms with Crippen molar-refractivity contribution in [2.45, 2.75) is 52.2 Å². The molecule has 3 rings (SSSR count). The third-order valence-electron chi connectivity index (χ3n) is 6.08. The monoisotopic (exact) mass is 444 g/mol. The number of nitrogens with one attached hydrogen (secondary N) is 1. The van der Waals surface area contributed by atoms with E-state index in [-0.39, 0.29) is 6.09 Å². The molecule has 0 spiro atoms. The van der Waals surface area contributed by atoms with Crippen molar-refractivity contribution in [2.24, 2.45) is 16.8 Å². The Labute approximate surface area is 193 Å². The molecule has 0 radical (unpaired) electrons. The van der Waals surface area contributed by atoms with Crippen molar-refractivity contribution < 1.29 is 14.3 Å². The fourth-order valence-electron chi connectivity index (χ4n) is 4.29. The molecule has 32 heavy (non-hydrogen) atoms. The molecule has 0 bridgehead atoms. The molecule has 0 saturated carbocycles. The molecular weight excluding hydrogens is 404 g/mol. The fourth-order valence-corrected chi connectivity index (χ4v) is 4.29. The van der Waals surface area contributed by atoms with Crippen LogP contribution in [0.25, 0.3) is 0 Å². The zero-order chi connectivity index (χ0) is 23.0. The molecule has 178 valence electrons. The van der Waals surface area contributed by atoms with Gasteiger partial charge in [0.1, 0.15) is 5.60 Å². The summed E-state index contributed by atoms with van der Waals surface area (Å²) in [6.45, 7) is 11.6. The standard InChI is InChI=1S/C25H40N4O3/c1-25(2,3)32-24(30)28-13-10-20(11-14-28)16-27-23(26-4)29-15-12-22(17-29)19-31-18-21-8-6-5-7-9-21/h5-9,20,22H,10-19H2,1-4H3,(H,26,27). The maximum atomic E-state index is 12.2. The summed E-state index contributed by atoms with van der Waals surface area (Å²) in [5.41, 5.74) is 0.778. The summed E-state index contributed by atoms with van der Waals surface area (Å²) in [6, 6.07) is 10.3. The van der Waals surface area contributed by atoms with Gasteiger partial charge in [0.05, 0.1) is 13.2 Å². The number of hydrogen-bond acceptors (Lipinski definition) is 4. The molecule has 1 atom stereocenters. The summed E-state index contributed by atoms with van der Waals surface area (Å²) in [5, 5.41) is 3.57. The van der Waals surface area contributed by atoms with Crippen molar-refractivity contribution in [1.82, 2.24) is 15.1 Å². The number of ether oxygens (including phenoxy) is 2. The smallest absolute Gasteiger partial charge is 0.410 e. The molecule has 2 fully saturated rings. The number of carbonyl (C=O) groups excluding carboxylic acids is 1. The molecule has 2 heterocycles. The highest BCUT2D eigenvalue weighted by atomic mass is 16.6. The Kier molecular flexibility index (Phi) is 8.79. The van der Waals surface area contributed by atoms with E-state index < -0.39 is 5.60 Å². The average molecular weight is 445 g/mol. The summed E-state index contributed by atoms with van der Waals surface area (Å²) in [4.78, 5) is 20.9. The van der Waals surface area contributed by atoms with E-state index in [1.807, 2.05) is 50.9 Å². The molecule has 2 aliphatic rings. The number of benzene rings is 1. The Morgan fingerprint density at radius 2 is 1.72 bits per heavy atom. The molecule has 7 nitrogen and oxygen atoms in total. The van der Waals surface area contributed by atoms with Crippen LogP contribution in [0.15, 0.2) is 35.3 Å². The van der Waals surface area contributed by atoms with Crippen LogP contribution in [0.5, 0.6) is 0 Å². The van der Waals surface area contributed by atoms with Gasteiger partial charge in [-0.1, -0.05) is 30.3 Å². The minimum Gasteiger partial charge on any atom is -0.444 e. The number of guanidine groups is 1. The fraction of sp³-hybridized carbons (Fsp3) is 0.680. The molecule has 1 N–H and O–H groups in total. The number of rotatable bonds is 6. The van der Waals surface area contributed by atoms with Gasteiger partial charge < -0.3 is 24.6 Å². The lowest BCUT2D eigenvalue weighted by Crippen LogP contribution is -2.46. The third-order valence-corrected chi connectivity index (χ3v) is 6.08. The number of nitrogens with zero attached hydrogens (tertiary/aromatic N) is 3. The molecule has 1 aromatic carbocycles. The van der Waals surface area contributed by atoms with Gasteiger partial charge in [-0.05, 0) is 51.5 Å². The maximum Gasteiger partial charge on any atom is 0.410 e. The molecule has 1 unspecified atom stereocenters. The van der Waals surface area contributed by atoms with Gasteiger partial charge in [-0.2, -0.15) is 0 Å².